The summed E-state index contributed by atoms with van der Waals surface area (Å²) in [5.74, 6) is 0.630. The molecule has 0 aliphatic rings. The Balaban J connectivity index is 1.92. The van der Waals surface area contributed by atoms with Gasteiger partial charge in [0.1, 0.15) is 5.82 Å². The first-order valence-corrected chi connectivity index (χ1v) is 5.69. The molecule has 1 heterocycles. The fourth-order valence-electron chi connectivity index (χ4n) is 1.65. The van der Waals surface area contributed by atoms with Crippen molar-refractivity contribution in [1.82, 2.24) is 9.55 Å². The number of imidazole rings is 1. The molecule has 1 aromatic carbocycles. The lowest BCUT2D eigenvalue weighted by molar-refractivity contribution is 0.278. The second kappa shape index (κ2) is 5.64. The van der Waals surface area contributed by atoms with E-state index in [2.05, 4.69) is 4.98 Å². The number of aromatic nitrogens is 2. The summed E-state index contributed by atoms with van der Waals surface area (Å²) >= 11 is 0. The maximum Gasteiger partial charge on any atom is 0.165 e. The van der Waals surface area contributed by atoms with Crippen LogP contribution in [0.25, 0.3) is 0 Å². The van der Waals surface area contributed by atoms with Crippen LogP contribution in [0.2, 0.25) is 0 Å². The molecular weight excluding hydrogens is 235 g/mol. The fourth-order valence-corrected chi connectivity index (χ4v) is 1.65. The molecule has 1 aromatic heterocycles. The van der Waals surface area contributed by atoms with Crippen molar-refractivity contribution in [2.75, 3.05) is 6.61 Å². The van der Waals surface area contributed by atoms with Crippen molar-refractivity contribution in [3.8, 4) is 5.75 Å². The van der Waals surface area contributed by atoms with Crippen LogP contribution in [0.5, 0.6) is 5.75 Å². The standard InChI is InChI=1S/C13H15FN2O2/c1-16-6-5-15-13(16)4-7-18-12-3-2-10(9-17)8-11(12)14/h2-3,5-6,8,17H,4,7,9H2,1H3. The second-order valence-electron chi connectivity index (χ2n) is 3.98. The summed E-state index contributed by atoms with van der Waals surface area (Å²) in [5.41, 5.74) is 0.531. The zero-order valence-corrected chi connectivity index (χ0v) is 10.1. The molecule has 0 atom stereocenters. The van der Waals surface area contributed by atoms with Crippen molar-refractivity contribution in [1.29, 1.82) is 0 Å². The zero-order chi connectivity index (χ0) is 13.0. The molecule has 18 heavy (non-hydrogen) atoms. The van der Waals surface area contributed by atoms with Crippen molar-refractivity contribution in [3.05, 3.63) is 47.8 Å². The average Bonchev–Trinajstić information content (AvgIpc) is 2.77. The largest absolute Gasteiger partial charge is 0.490 e. The molecule has 0 saturated heterocycles. The molecule has 0 saturated carbocycles. The third-order valence-corrected chi connectivity index (χ3v) is 2.68. The number of aliphatic hydroxyl groups is 1. The van der Waals surface area contributed by atoms with Crippen LogP contribution in [0, 0.1) is 5.82 Å². The highest BCUT2D eigenvalue weighted by atomic mass is 19.1. The predicted molar refractivity (Wildman–Crippen MR) is 64.7 cm³/mol. The lowest BCUT2D eigenvalue weighted by Crippen LogP contribution is -2.07. The zero-order valence-electron chi connectivity index (χ0n) is 10.1. The van der Waals surface area contributed by atoms with E-state index in [0.717, 1.165) is 5.82 Å². The molecule has 2 aromatic rings. The summed E-state index contributed by atoms with van der Waals surface area (Å²) in [6.45, 7) is 0.185. The molecule has 96 valence electrons. The van der Waals surface area contributed by atoms with Crippen LogP contribution in [0.4, 0.5) is 4.39 Å². The Morgan fingerprint density at radius 2 is 2.28 bits per heavy atom. The highest BCUT2D eigenvalue weighted by Crippen LogP contribution is 2.18. The van der Waals surface area contributed by atoms with Gasteiger partial charge in [0.15, 0.2) is 11.6 Å². The van der Waals surface area contributed by atoms with Gasteiger partial charge < -0.3 is 14.4 Å². The lowest BCUT2D eigenvalue weighted by atomic mass is 10.2. The second-order valence-corrected chi connectivity index (χ2v) is 3.98. The molecular formula is C13H15FN2O2. The van der Waals surface area contributed by atoms with Crippen LogP contribution >= 0.6 is 0 Å². The quantitative estimate of drug-likeness (QED) is 0.878. The monoisotopic (exact) mass is 250 g/mol. The van der Waals surface area contributed by atoms with Crippen molar-refractivity contribution >= 4 is 0 Å². The van der Waals surface area contributed by atoms with Gasteiger partial charge in [-0.25, -0.2) is 9.37 Å². The Hall–Kier alpha value is -1.88. The van der Waals surface area contributed by atoms with E-state index in [0.29, 0.717) is 18.6 Å². The van der Waals surface area contributed by atoms with Gasteiger partial charge in [-0.3, -0.25) is 0 Å². The minimum absolute atomic E-state index is 0.176. The first kappa shape index (κ1) is 12.6. The van der Waals surface area contributed by atoms with Crippen molar-refractivity contribution in [3.63, 3.8) is 0 Å². The van der Waals surface area contributed by atoms with E-state index >= 15 is 0 Å². The Bertz CT molecular complexity index is 525. The summed E-state index contributed by atoms with van der Waals surface area (Å²) < 4.78 is 20.8. The summed E-state index contributed by atoms with van der Waals surface area (Å²) in [5, 5.41) is 8.87. The van der Waals surface area contributed by atoms with Gasteiger partial charge in [0.2, 0.25) is 0 Å². The minimum Gasteiger partial charge on any atom is -0.490 e. The first-order chi connectivity index (χ1) is 8.70. The molecule has 2 rings (SSSR count). The Labute approximate surface area is 105 Å². The number of ether oxygens (including phenoxy) is 1. The van der Waals surface area contributed by atoms with E-state index in [1.807, 2.05) is 17.8 Å². The van der Waals surface area contributed by atoms with E-state index in [4.69, 9.17) is 9.84 Å². The summed E-state index contributed by atoms with van der Waals surface area (Å²) in [4.78, 5) is 4.15. The highest BCUT2D eigenvalue weighted by Gasteiger charge is 2.05. The Morgan fingerprint density at radius 1 is 1.44 bits per heavy atom. The van der Waals surface area contributed by atoms with Gasteiger partial charge >= 0.3 is 0 Å². The van der Waals surface area contributed by atoms with Gasteiger partial charge in [0.05, 0.1) is 13.2 Å². The van der Waals surface area contributed by atoms with Crippen LogP contribution in [-0.2, 0) is 20.1 Å². The third-order valence-electron chi connectivity index (χ3n) is 2.68. The number of hydrogen-bond donors (Lipinski definition) is 1. The molecule has 4 nitrogen and oxygen atoms in total. The van der Waals surface area contributed by atoms with Gasteiger partial charge in [0, 0.05) is 25.9 Å². The Kier molecular flexibility index (Phi) is 3.94. The normalized spacial score (nSPS) is 10.6. The van der Waals surface area contributed by atoms with Crippen LogP contribution in [0.3, 0.4) is 0 Å². The number of aryl methyl sites for hydroxylation is 1. The van der Waals surface area contributed by atoms with Crippen molar-refractivity contribution < 1.29 is 14.2 Å². The van der Waals surface area contributed by atoms with Crippen LogP contribution in [-0.4, -0.2) is 21.3 Å². The topological polar surface area (TPSA) is 47.3 Å². The first-order valence-electron chi connectivity index (χ1n) is 5.69. The lowest BCUT2D eigenvalue weighted by Gasteiger charge is -2.08. The number of hydrogen-bond acceptors (Lipinski definition) is 3. The smallest absolute Gasteiger partial charge is 0.165 e. The third kappa shape index (κ3) is 2.87. The summed E-state index contributed by atoms with van der Waals surface area (Å²) in [6, 6.07) is 4.44. The van der Waals surface area contributed by atoms with Crippen LogP contribution in [0.1, 0.15) is 11.4 Å². The molecule has 0 bridgehead atoms. The molecule has 0 aliphatic carbocycles. The van der Waals surface area contributed by atoms with Gasteiger partial charge in [-0.1, -0.05) is 6.07 Å². The highest BCUT2D eigenvalue weighted by molar-refractivity contribution is 5.29. The molecule has 0 radical (unpaired) electrons. The predicted octanol–water partition coefficient (Wildman–Crippen LogP) is 1.67. The SMILES string of the molecule is Cn1ccnc1CCOc1ccc(CO)cc1F. The van der Waals surface area contributed by atoms with Crippen molar-refractivity contribution in [2.45, 2.75) is 13.0 Å². The molecule has 0 amide bonds. The van der Waals surface area contributed by atoms with Crippen LogP contribution in [0.15, 0.2) is 30.6 Å². The number of aliphatic hydroxyl groups excluding tert-OH is 1. The molecule has 0 aliphatic heterocycles. The maximum absolute atomic E-state index is 13.5. The van der Waals surface area contributed by atoms with E-state index in [1.165, 1.54) is 12.1 Å². The molecule has 5 heteroatoms. The average molecular weight is 250 g/mol. The number of benzene rings is 1. The number of nitrogens with zero attached hydrogens (tertiary/aromatic N) is 2. The van der Waals surface area contributed by atoms with Gasteiger partial charge in [-0.05, 0) is 17.7 Å². The van der Waals surface area contributed by atoms with E-state index < -0.39 is 5.82 Å². The summed E-state index contributed by atoms with van der Waals surface area (Å²) in [7, 11) is 1.90. The summed E-state index contributed by atoms with van der Waals surface area (Å²) in [6.07, 6.45) is 4.18. The fraction of sp³-hybridized carbons (Fsp3) is 0.308. The maximum atomic E-state index is 13.5. The van der Waals surface area contributed by atoms with Gasteiger partial charge in [0.25, 0.3) is 0 Å². The van der Waals surface area contributed by atoms with E-state index in [-0.39, 0.29) is 12.4 Å². The van der Waals surface area contributed by atoms with E-state index in [9.17, 15) is 4.39 Å². The Morgan fingerprint density at radius 3 is 2.89 bits per heavy atom. The van der Waals surface area contributed by atoms with E-state index in [1.54, 1.807) is 12.3 Å². The molecule has 0 fully saturated rings. The molecule has 1 N–H and O–H groups in total. The molecule has 0 unspecified atom stereocenters. The van der Waals surface area contributed by atoms with Crippen LogP contribution < -0.4 is 4.74 Å². The number of rotatable bonds is 5. The van der Waals surface area contributed by atoms with Crippen molar-refractivity contribution in [2.24, 2.45) is 7.05 Å². The van der Waals surface area contributed by atoms with Gasteiger partial charge in [-0.15, -0.1) is 0 Å². The number of halogens is 1. The van der Waals surface area contributed by atoms with Gasteiger partial charge in [-0.2, -0.15) is 0 Å². The minimum atomic E-state index is -0.457. The molecule has 0 spiro atoms.